The van der Waals surface area contributed by atoms with Crippen LogP contribution in [0.3, 0.4) is 0 Å². The summed E-state index contributed by atoms with van der Waals surface area (Å²) in [7, 11) is 0. The second kappa shape index (κ2) is 8.52. The first-order valence-electron chi connectivity index (χ1n) is 10.3. The molecule has 4 amide bonds. The molecule has 0 aromatic heterocycles. The molecule has 0 unspecified atom stereocenters. The molecule has 2 aromatic carbocycles. The van der Waals surface area contributed by atoms with Gasteiger partial charge in [0.2, 0.25) is 5.91 Å². The number of hydrogen-bond acceptors (Lipinski definition) is 4. The summed E-state index contributed by atoms with van der Waals surface area (Å²) in [5.41, 5.74) is -0.194. The molecule has 1 saturated carbocycles. The summed E-state index contributed by atoms with van der Waals surface area (Å²) >= 11 is 1.54. The van der Waals surface area contributed by atoms with Crippen LogP contribution in [0.25, 0.3) is 0 Å². The van der Waals surface area contributed by atoms with E-state index in [0.717, 1.165) is 34.0 Å². The summed E-state index contributed by atoms with van der Waals surface area (Å²) in [5.74, 6) is -0.597. The number of carbonyl (C=O) groups is 3. The van der Waals surface area contributed by atoms with Gasteiger partial charge >= 0.3 is 6.03 Å². The van der Waals surface area contributed by atoms with Gasteiger partial charge in [-0.25, -0.2) is 4.79 Å². The zero-order valence-electron chi connectivity index (χ0n) is 16.9. The summed E-state index contributed by atoms with van der Waals surface area (Å²) < 4.78 is 0. The first-order valence-corrected chi connectivity index (χ1v) is 11.1. The van der Waals surface area contributed by atoms with Gasteiger partial charge in [-0.15, -0.1) is 0 Å². The van der Waals surface area contributed by atoms with Gasteiger partial charge in [0, 0.05) is 9.79 Å². The van der Waals surface area contributed by atoms with Crippen LogP contribution in [-0.2, 0) is 9.59 Å². The summed E-state index contributed by atoms with van der Waals surface area (Å²) in [5, 5.41) is 5.75. The predicted octanol–water partition coefficient (Wildman–Crippen LogP) is 4.28. The Morgan fingerprint density at radius 1 is 1.13 bits per heavy atom. The van der Waals surface area contributed by atoms with Crippen molar-refractivity contribution in [3.8, 4) is 0 Å². The first-order chi connectivity index (χ1) is 14.5. The molecule has 30 heavy (non-hydrogen) atoms. The van der Waals surface area contributed by atoms with Crippen molar-refractivity contribution in [2.24, 2.45) is 5.92 Å². The van der Waals surface area contributed by atoms with Crippen LogP contribution in [0, 0.1) is 5.92 Å². The number of para-hydroxylation sites is 1. The zero-order chi connectivity index (χ0) is 21.1. The fourth-order valence-electron chi connectivity index (χ4n) is 4.25. The molecule has 2 fully saturated rings. The van der Waals surface area contributed by atoms with Crippen LogP contribution in [0.15, 0.2) is 64.4 Å². The summed E-state index contributed by atoms with van der Waals surface area (Å²) in [4.78, 5) is 41.3. The normalized spacial score (nSPS) is 23.5. The average molecular weight is 424 g/mol. The van der Waals surface area contributed by atoms with Gasteiger partial charge in [0.1, 0.15) is 12.1 Å². The lowest BCUT2D eigenvalue weighted by Gasteiger charge is -2.36. The average Bonchev–Trinajstić information content (AvgIpc) is 2.97. The number of rotatable bonds is 5. The number of carbonyl (C=O) groups excluding carboxylic acids is 3. The lowest BCUT2D eigenvalue weighted by Crippen LogP contribution is -2.54. The highest BCUT2D eigenvalue weighted by Crippen LogP contribution is 2.38. The van der Waals surface area contributed by atoms with Gasteiger partial charge in [0.25, 0.3) is 5.91 Å². The van der Waals surface area contributed by atoms with E-state index in [1.165, 1.54) is 0 Å². The van der Waals surface area contributed by atoms with Crippen molar-refractivity contribution in [1.82, 2.24) is 10.2 Å². The van der Waals surface area contributed by atoms with E-state index in [4.69, 9.17) is 0 Å². The van der Waals surface area contributed by atoms with Gasteiger partial charge in [-0.3, -0.25) is 14.5 Å². The molecule has 156 valence electrons. The van der Waals surface area contributed by atoms with Gasteiger partial charge in [0.15, 0.2) is 0 Å². The molecule has 2 aliphatic rings. The number of nitrogens with one attached hydrogen (secondary N) is 2. The number of imide groups is 1. The van der Waals surface area contributed by atoms with E-state index in [0.29, 0.717) is 12.1 Å². The molecule has 0 bridgehead atoms. The Kier molecular flexibility index (Phi) is 5.81. The molecule has 6 nitrogen and oxygen atoms in total. The Balaban J connectivity index is 1.45. The standard InChI is InChI=1S/C23H25N3O3S/c1-16-9-7-8-14-23(16)21(28)26(22(29)25-23)15-20(27)24-18-12-5-6-13-19(18)30-17-10-3-2-4-11-17/h2-6,10-13,16H,7-9,14-15H2,1H3,(H,24,27)(H,25,29)/t16-,23-/m1/s1. The molecule has 1 saturated heterocycles. The molecular formula is C23H25N3O3S. The third-order valence-electron chi connectivity index (χ3n) is 5.94. The molecule has 1 aliphatic heterocycles. The van der Waals surface area contributed by atoms with E-state index in [9.17, 15) is 14.4 Å². The topological polar surface area (TPSA) is 78.5 Å². The summed E-state index contributed by atoms with van der Waals surface area (Å²) in [6.07, 6.45) is 3.49. The highest BCUT2D eigenvalue weighted by molar-refractivity contribution is 7.99. The lowest BCUT2D eigenvalue weighted by molar-refractivity contribution is -0.136. The maximum absolute atomic E-state index is 13.1. The first kappa shape index (κ1) is 20.5. The Hall–Kier alpha value is -2.80. The van der Waals surface area contributed by atoms with Gasteiger partial charge in [-0.05, 0) is 43.0 Å². The number of amides is 4. The third kappa shape index (κ3) is 3.94. The van der Waals surface area contributed by atoms with Crippen molar-refractivity contribution in [1.29, 1.82) is 0 Å². The van der Waals surface area contributed by atoms with Crippen molar-refractivity contribution in [2.75, 3.05) is 11.9 Å². The molecule has 2 atom stereocenters. The van der Waals surface area contributed by atoms with Crippen LogP contribution < -0.4 is 10.6 Å². The highest BCUT2D eigenvalue weighted by Gasteiger charge is 2.55. The van der Waals surface area contributed by atoms with Crippen molar-refractivity contribution in [3.05, 3.63) is 54.6 Å². The van der Waals surface area contributed by atoms with Gasteiger partial charge in [-0.1, -0.05) is 61.9 Å². The second-order valence-corrected chi connectivity index (χ2v) is 9.01. The minimum Gasteiger partial charge on any atom is -0.323 e. The van der Waals surface area contributed by atoms with E-state index in [1.807, 2.05) is 61.5 Å². The van der Waals surface area contributed by atoms with Gasteiger partial charge < -0.3 is 10.6 Å². The fourth-order valence-corrected chi connectivity index (χ4v) is 5.17. The number of urea groups is 1. The number of benzene rings is 2. The molecule has 2 aromatic rings. The zero-order valence-corrected chi connectivity index (χ0v) is 17.7. The van der Waals surface area contributed by atoms with Crippen LogP contribution in [-0.4, -0.2) is 34.8 Å². The Morgan fingerprint density at radius 2 is 1.87 bits per heavy atom. The van der Waals surface area contributed by atoms with Crippen molar-refractivity contribution in [3.63, 3.8) is 0 Å². The maximum Gasteiger partial charge on any atom is 0.325 e. The number of nitrogens with zero attached hydrogens (tertiary/aromatic N) is 1. The number of hydrogen-bond donors (Lipinski definition) is 2. The fraction of sp³-hybridized carbons (Fsp3) is 0.348. The van der Waals surface area contributed by atoms with E-state index >= 15 is 0 Å². The quantitative estimate of drug-likeness (QED) is 0.704. The minimum absolute atomic E-state index is 0.0683. The van der Waals surface area contributed by atoms with Crippen molar-refractivity contribution >= 4 is 35.3 Å². The minimum atomic E-state index is -0.851. The van der Waals surface area contributed by atoms with Crippen LogP contribution in [0.4, 0.5) is 10.5 Å². The van der Waals surface area contributed by atoms with Gasteiger partial charge in [0.05, 0.1) is 5.69 Å². The molecule has 4 rings (SSSR count). The largest absolute Gasteiger partial charge is 0.325 e. The van der Waals surface area contributed by atoms with Crippen LogP contribution in [0.5, 0.6) is 0 Å². The number of anilines is 1. The summed E-state index contributed by atoms with van der Waals surface area (Å²) in [6, 6.07) is 16.9. The molecule has 1 aliphatic carbocycles. The monoisotopic (exact) mass is 423 g/mol. The van der Waals surface area contributed by atoms with Crippen LogP contribution in [0.1, 0.15) is 32.6 Å². The van der Waals surface area contributed by atoms with E-state index in [2.05, 4.69) is 10.6 Å². The van der Waals surface area contributed by atoms with Gasteiger partial charge in [-0.2, -0.15) is 0 Å². The Morgan fingerprint density at radius 3 is 2.63 bits per heavy atom. The Bertz CT molecular complexity index is 965. The lowest BCUT2D eigenvalue weighted by atomic mass is 9.73. The predicted molar refractivity (Wildman–Crippen MR) is 116 cm³/mol. The highest BCUT2D eigenvalue weighted by atomic mass is 32.2. The molecule has 0 radical (unpaired) electrons. The SMILES string of the molecule is C[C@@H]1CCCC[C@@]12NC(=O)N(CC(=O)Nc1ccccc1Sc1ccccc1)C2=O. The molecule has 1 spiro atoms. The van der Waals surface area contributed by atoms with Crippen LogP contribution in [0.2, 0.25) is 0 Å². The second-order valence-electron chi connectivity index (χ2n) is 7.90. The van der Waals surface area contributed by atoms with Crippen molar-refractivity contribution < 1.29 is 14.4 Å². The Labute approximate surface area is 180 Å². The maximum atomic E-state index is 13.1. The van der Waals surface area contributed by atoms with E-state index in [1.54, 1.807) is 11.8 Å². The van der Waals surface area contributed by atoms with Crippen molar-refractivity contribution in [2.45, 2.75) is 47.9 Å². The van der Waals surface area contributed by atoms with E-state index in [-0.39, 0.29) is 24.3 Å². The summed E-state index contributed by atoms with van der Waals surface area (Å²) in [6.45, 7) is 1.71. The molecular weight excluding hydrogens is 398 g/mol. The molecule has 2 N–H and O–H groups in total. The third-order valence-corrected chi connectivity index (χ3v) is 7.02. The molecule has 1 heterocycles. The van der Waals surface area contributed by atoms with Crippen LogP contribution >= 0.6 is 11.8 Å². The molecule has 7 heteroatoms. The van der Waals surface area contributed by atoms with E-state index < -0.39 is 11.6 Å². The smallest absolute Gasteiger partial charge is 0.323 e.